The molecule has 0 aliphatic rings. The number of nitrogens with one attached hydrogen (secondary N) is 1. The van der Waals surface area contributed by atoms with Crippen molar-refractivity contribution in [3.8, 4) is 0 Å². The number of rotatable bonds is 5. The molecule has 1 amide bonds. The molecule has 2 aromatic carbocycles. The number of hydrogen-bond acceptors (Lipinski definition) is 3. The van der Waals surface area contributed by atoms with Crippen molar-refractivity contribution in [2.45, 2.75) is 24.8 Å². The molecule has 0 aromatic heterocycles. The summed E-state index contributed by atoms with van der Waals surface area (Å²) in [6, 6.07) is 13.0. The second-order valence-electron chi connectivity index (χ2n) is 5.60. The Morgan fingerprint density at radius 3 is 2.29 bits per heavy atom. The minimum atomic E-state index is -3.53. The normalized spacial score (nSPS) is 11.8. The zero-order valence-corrected chi connectivity index (χ0v) is 16.1. The molecule has 2 aromatic rings. The first-order chi connectivity index (χ1) is 11.2. The fourth-order valence-corrected chi connectivity index (χ4v) is 3.75. The quantitative estimate of drug-likeness (QED) is 0.816. The second kappa shape index (κ2) is 7.46. The van der Waals surface area contributed by atoms with Crippen LogP contribution in [0.15, 0.2) is 57.9 Å². The van der Waals surface area contributed by atoms with E-state index in [1.807, 2.05) is 19.9 Å². The van der Waals surface area contributed by atoms with Crippen LogP contribution in [0.25, 0.3) is 0 Å². The smallest absolute Gasteiger partial charge is 0.255 e. The lowest BCUT2D eigenvalue weighted by Crippen LogP contribution is -2.33. The fourth-order valence-electron chi connectivity index (χ4n) is 1.99. The van der Waals surface area contributed by atoms with Crippen molar-refractivity contribution in [1.29, 1.82) is 0 Å². The summed E-state index contributed by atoms with van der Waals surface area (Å²) in [4.78, 5) is 12.4. The maximum atomic E-state index is 12.4. The Bertz CT molecular complexity index is 833. The number of sulfonamides is 1. The summed E-state index contributed by atoms with van der Waals surface area (Å²) in [5, 5.41) is 2.75. The Balaban J connectivity index is 2.17. The van der Waals surface area contributed by atoms with Gasteiger partial charge in [0.1, 0.15) is 0 Å². The molecule has 0 saturated heterocycles. The minimum Gasteiger partial charge on any atom is -0.322 e. The van der Waals surface area contributed by atoms with Crippen LogP contribution in [-0.4, -0.2) is 31.7 Å². The Labute approximate surface area is 150 Å². The van der Waals surface area contributed by atoms with Gasteiger partial charge in [-0.2, -0.15) is 4.31 Å². The zero-order valence-electron chi connectivity index (χ0n) is 13.7. The first-order valence-corrected chi connectivity index (χ1v) is 9.60. The van der Waals surface area contributed by atoms with Gasteiger partial charge >= 0.3 is 0 Å². The Morgan fingerprint density at radius 1 is 1.12 bits per heavy atom. The van der Waals surface area contributed by atoms with E-state index < -0.39 is 10.0 Å². The van der Waals surface area contributed by atoms with Crippen LogP contribution in [0, 0.1) is 0 Å². The van der Waals surface area contributed by atoms with Gasteiger partial charge in [-0.3, -0.25) is 4.79 Å². The molecule has 0 fully saturated rings. The van der Waals surface area contributed by atoms with E-state index in [-0.39, 0.29) is 16.8 Å². The average molecular weight is 411 g/mol. The molecule has 0 unspecified atom stereocenters. The van der Waals surface area contributed by atoms with Crippen molar-refractivity contribution >= 4 is 37.5 Å². The van der Waals surface area contributed by atoms with Gasteiger partial charge in [0, 0.05) is 28.8 Å². The number of benzene rings is 2. The van der Waals surface area contributed by atoms with Gasteiger partial charge in [0.25, 0.3) is 5.91 Å². The molecule has 7 heteroatoms. The van der Waals surface area contributed by atoms with E-state index in [0.29, 0.717) is 11.3 Å². The summed E-state index contributed by atoms with van der Waals surface area (Å²) >= 11 is 3.32. The van der Waals surface area contributed by atoms with Gasteiger partial charge in [-0.05, 0) is 56.3 Å². The number of halogens is 1. The lowest BCUT2D eigenvalue weighted by atomic mass is 10.2. The van der Waals surface area contributed by atoms with Crippen LogP contribution >= 0.6 is 15.9 Å². The maximum absolute atomic E-state index is 12.4. The van der Waals surface area contributed by atoms with Gasteiger partial charge in [0.15, 0.2) is 0 Å². The second-order valence-corrected chi connectivity index (χ2v) is 8.52. The number of anilines is 1. The van der Waals surface area contributed by atoms with Crippen LogP contribution in [0.2, 0.25) is 0 Å². The third-order valence-corrected chi connectivity index (χ3v) is 6.14. The molecular formula is C17H19BrN2O3S. The monoisotopic (exact) mass is 410 g/mol. The highest BCUT2D eigenvalue weighted by molar-refractivity contribution is 9.10. The molecule has 2 rings (SSSR count). The molecule has 128 valence electrons. The van der Waals surface area contributed by atoms with E-state index in [1.54, 1.807) is 37.4 Å². The van der Waals surface area contributed by atoms with E-state index in [0.717, 1.165) is 4.47 Å². The van der Waals surface area contributed by atoms with Crippen LogP contribution in [0.3, 0.4) is 0 Å². The van der Waals surface area contributed by atoms with Crippen LogP contribution in [-0.2, 0) is 10.0 Å². The molecule has 1 N–H and O–H groups in total. The van der Waals surface area contributed by atoms with Crippen molar-refractivity contribution in [3.05, 3.63) is 58.6 Å². The van der Waals surface area contributed by atoms with E-state index in [1.165, 1.54) is 16.4 Å². The third-order valence-electron chi connectivity index (χ3n) is 3.60. The topological polar surface area (TPSA) is 66.5 Å². The molecular weight excluding hydrogens is 392 g/mol. The number of carbonyl (C=O) groups is 1. The highest BCUT2D eigenvalue weighted by Gasteiger charge is 2.22. The van der Waals surface area contributed by atoms with E-state index in [4.69, 9.17) is 0 Å². The molecule has 5 nitrogen and oxygen atoms in total. The first kappa shape index (κ1) is 18.6. The lowest BCUT2D eigenvalue weighted by molar-refractivity contribution is 0.102. The van der Waals surface area contributed by atoms with E-state index >= 15 is 0 Å². The first-order valence-electron chi connectivity index (χ1n) is 7.37. The number of amides is 1. The van der Waals surface area contributed by atoms with Crippen molar-refractivity contribution in [2.75, 3.05) is 12.4 Å². The highest BCUT2D eigenvalue weighted by atomic mass is 79.9. The molecule has 24 heavy (non-hydrogen) atoms. The molecule has 0 atom stereocenters. The highest BCUT2D eigenvalue weighted by Crippen LogP contribution is 2.20. The van der Waals surface area contributed by atoms with Gasteiger partial charge < -0.3 is 5.32 Å². The maximum Gasteiger partial charge on any atom is 0.255 e. The standard InChI is InChI=1S/C17H19BrN2O3S/c1-12(2)20(3)24(22,23)16-9-7-15(8-10-16)19-17(21)13-5-4-6-14(18)11-13/h4-12H,1-3H3,(H,19,21). The summed E-state index contributed by atoms with van der Waals surface area (Å²) < 4.78 is 26.9. The lowest BCUT2D eigenvalue weighted by Gasteiger charge is -2.21. The zero-order chi connectivity index (χ0) is 17.9. The largest absolute Gasteiger partial charge is 0.322 e. The number of nitrogens with zero attached hydrogens (tertiary/aromatic N) is 1. The van der Waals surface area contributed by atoms with E-state index in [2.05, 4.69) is 21.2 Å². The molecule has 0 radical (unpaired) electrons. The minimum absolute atomic E-state index is 0.133. The Kier molecular flexibility index (Phi) is 5.79. The van der Waals surface area contributed by atoms with Crippen molar-refractivity contribution in [2.24, 2.45) is 0 Å². The van der Waals surface area contributed by atoms with Crippen molar-refractivity contribution < 1.29 is 13.2 Å². The summed E-state index contributed by atoms with van der Waals surface area (Å²) in [6.07, 6.45) is 0. The van der Waals surface area contributed by atoms with Gasteiger partial charge in [0.2, 0.25) is 10.0 Å². The van der Waals surface area contributed by atoms with Gasteiger partial charge in [-0.1, -0.05) is 22.0 Å². The summed E-state index contributed by atoms with van der Waals surface area (Å²) in [6.45, 7) is 3.62. The Hall–Kier alpha value is -1.70. The molecule has 0 aliphatic heterocycles. The molecule has 0 aliphatic carbocycles. The third kappa shape index (κ3) is 4.23. The van der Waals surface area contributed by atoms with Gasteiger partial charge in [-0.25, -0.2) is 8.42 Å². The van der Waals surface area contributed by atoms with Crippen LogP contribution in [0.4, 0.5) is 5.69 Å². The Morgan fingerprint density at radius 2 is 1.75 bits per heavy atom. The van der Waals surface area contributed by atoms with Gasteiger partial charge in [0.05, 0.1) is 4.90 Å². The number of carbonyl (C=O) groups excluding carboxylic acids is 1. The molecule has 0 spiro atoms. The summed E-state index contributed by atoms with van der Waals surface area (Å²) in [5.74, 6) is -0.258. The summed E-state index contributed by atoms with van der Waals surface area (Å²) in [5.41, 5.74) is 1.05. The molecule has 0 bridgehead atoms. The van der Waals surface area contributed by atoms with Crippen molar-refractivity contribution in [3.63, 3.8) is 0 Å². The SMILES string of the molecule is CC(C)N(C)S(=O)(=O)c1ccc(NC(=O)c2cccc(Br)c2)cc1. The van der Waals surface area contributed by atoms with Crippen LogP contribution < -0.4 is 5.32 Å². The van der Waals surface area contributed by atoms with Crippen molar-refractivity contribution in [1.82, 2.24) is 4.31 Å². The average Bonchev–Trinajstić information content (AvgIpc) is 2.54. The predicted molar refractivity (Wildman–Crippen MR) is 98.6 cm³/mol. The van der Waals surface area contributed by atoms with E-state index in [9.17, 15) is 13.2 Å². The van der Waals surface area contributed by atoms with Crippen LogP contribution in [0.1, 0.15) is 24.2 Å². The summed E-state index contributed by atoms with van der Waals surface area (Å²) in [7, 11) is -1.98. The predicted octanol–water partition coefficient (Wildman–Crippen LogP) is 3.73. The fraction of sp³-hybridized carbons (Fsp3) is 0.235. The van der Waals surface area contributed by atoms with Gasteiger partial charge in [-0.15, -0.1) is 0 Å². The van der Waals surface area contributed by atoms with Crippen LogP contribution in [0.5, 0.6) is 0 Å². The number of hydrogen-bond donors (Lipinski definition) is 1. The molecule has 0 heterocycles. The molecule has 0 saturated carbocycles.